The van der Waals surface area contributed by atoms with Gasteiger partial charge in [-0.1, -0.05) is 10.2 Å². The standard InChI is InChI=1S/C25H32N12.H2O4S/c1-18-14-20(30-32-24-34(3)16-28-36(24)5)8-10-22(18)26-12-7-13-27-23-11-9-21(15-19(23)2)31-33-25-35(4)17-29-37(25)6;1-5(2,3)4/h8-11,14-17H,7,12-13H2,1-6H3;(H2,1,2,3,4). The minimum absolute atomic E-state index is 0.681. The van der Waals surface area contributed by atoms with Crippen LogP contribution < -0.4 is 19.8 Å². The average molecular weight is 599 g/mol. The molecule has 2 aromatic heterocycles. The summed E-state index contributed by atoms with van der Waals surface area (Å²) in [6.45, 7) is 5.85. The van der Waals surface area contributed by atoms with Gasteiger partial charge in [0.05, 0.1) is 39.6 Å². The fraction of sp³-hybridized carbons (Fsp3) is 0.360. The first-order valence-electron chi connectivity index (χ1n) is 12.8. The number of aryl methyl sites for hydroxylation is 6. The fourth-order valence-electron chi connectivity index (χ4n) is 3.80. The molecule has 0 radical (unpaired) electrons. The molecular formula is C25H34N12O4S. The van der Waals surface area contributed by atoms with Gasteiger partial charge < -0.3 is 19.7 Å². The lowest BCUT2D eigenvalue weighted by molar-refractivity contribution is -0.659. The van der Waals surface area contributed by atoms with E-state index in [2.05, 4.69) is 55.1 Å². The van der Waals surface area contributed by atoms with Crippen LogP contribution in [0.5, 0.6) is 0 Å². The monoisotopic (exact) mass is 598 g/mol. The molecule has 2 heterocycles. The van der Waals surface area contributed by atoms with Crippen LogP contribution >= 0.6 is 0 Å². The van der Waals surface area contributed by atoms with Crippen molar-refractivity contribution in [1.82, 2.24) is 19.6 Å². The third-order valence-corrected chi connectivity index (χ3v) is 5.92. The summed E-state index contributed by atoms with van der Waals surface area (Å²) in [4.78, 5) is 0. The van der Waals surface area contributed by atoms with E-state index in [0.29, 0.717) is 11.9 Å². The zero-order chi connectivity index (χ0) is 30.9. The van der Waals surface area contributed by atoms with Crippen molar-refractivity contribution in [2.45, 2.75) is 20.3 Å². The van der Waals surface area contributed by atoms with Gasteiger partial charge in [0.15, 0.2) is 0 Å². The van der Waals surface area contributed by atoms with E-state index in [0.717, 1.165) is 53.4 Å². The first-order chi connectivity index (χ1) is 19.8. The Kier molecular flexibility index (Phi) is 10.9. The molecule has 0 aliphatic carbocycles. The van der Waals surface area contributed by atoms with Crippen molar-refractivity contribution >= 4 is 45.0 Å². The molecule has 0 spiro atoms. The van der Waals surface area contributed by atoms with Crippen molar-refractivity contribution in [3.8, 4) is 0 Å². The van der Waals surface area contributed by atoms with E-state index in [1.54, 1.807) is 22.0 Å². The average Bonchev–Trinajstić information content (AvgIpc) is 3.41. The SMILES string of the molecule is Cc1cc(N=Nc2n(C)nc[n+]2C)ccc1NCCCNc1ccc(N=Nc2n(C)nc[n+]2C)cc1C.O=S(=O)([O-])[O-]. The molecule has 0 saturated heterocycles. The van der Waals surface area contributed by atoms with Crippen molar-refractivity contribution < 1.29 is 26.7 Å². The smallest absolute Gasteiger partial charge is 0.403 e. The summed E-state index contributed by atoms with van der Waals surface area (Å²) >= 11 is 0. The minimum atomic E-state index is -5.17. The number of hydrogen-bond donors (Lipinski definition) is 2. The summed E-state index contributed by atoms with van der Waals surface area (Å²) in [5, 5.41) is 32.7. The van der Waals surface area contributed by atoms with Crippen LogP contribution in [-0.4, -0.2) is 50.2 Å². The van der Waals surface area contributed by atoms with E-state index < -0.39 is 10.4 Å². The maximum atomic E-state index is 8.52. The van der Waals surface area contributed by atoms with Crippen molar-refractivity contribution in [3.63, 3.8) is 0 Å². The second-order valence-electron chi connectivity index (χ2n) is 9.34. The number of rotatable bonds is 10. The van der Waals surface area contributed by atoms with E-state index in [-0.39, 0.29) is 0 Å². The highest BCUT2D eigenvalue weighted by Gasteiger charge is 2.12. The van der Waals surface area contributed by atoms with Gasteiger partial charge in [-0.15, -0.1) is 9.36 Å². The first kappa shape index (κ1) is 31.9. The second-order valence-corrected chi connectivity index (χ2v) is 10.2. The zero-order valence-corrected chi connectivity index (χ0v) is 25.1. The molecule has 4 rings (SSSR count). The molecule has 0 atom stereocenters. The number of nitrogens with zero attached hydrogens (tertiary/aromatic N) is 10. The van der Waals surface area contributed by atoms with Crippen LogP contribution in [0.1, 0.15) is 17.5 Å². The summed E-state index contributed by atoms with van der Waals surface area (Å²) in [5.74, 6) is 1.36. The molecule has 0 fully saturated rings. The Morgan fingerprint density at radius 2 is 1.14 bits per heavy atom. The first-order valence-corrected chi connectivity index (χ1v) is 14.1. The lowest BCUT2D eigenvalue weighted by Crippen LogP contribution is -2.25. The van der Waals surface area contributed by atoms with Gasteiger partial charge in [-0.3, -0.25) is 8.42 Å². The van der Waals surface area contributed by atoms with Crippen LogP contribution in [0.25, 0.3) is 0 Å². The van der Waals surface area contributed by atoms with E-state index >= 15 is 0 Å². The molecule has 4 aromatic rings. The van der Waals surface area contributed by atoms with Gasteiger partial charge in [-0.25, -0.2) is 9.13 Å². The third-order valence-electron chi connectivity index (χ3n) is 5.92. The number of anilines is 2. The van der Waals surface area contributed by atoms with Gasteiger partial charge in [0.1, 0.15) is 0 Å². The normalized spacial score (nSPS) is 11.6. The molecule has 0 aliphatic rings. The highest BCUT2D eigenvalue weighted by atomic mass is 32.3. The van der Waals surface area contributed by atoms with Crippen molar-refractivity contribution in [1.29, 1.82) is 0 Å². The van der Waals surface area contributed by atoms with Crippen molar-refractivity contribution in [2.75, 3.05) is 23.7 Å². The van der Waals surface area contributed by atoms with Gasteiger partial charge in [0.25, 0.3) is 0 Å². The number of hydrogen-bond acceptors (Lipinski definition) is 12. The van der Waals surface area contributed by atoms with E-state index in [1.165, 1.54) is 0 Å². The molecular weight excluding hydrogens is 564 g/mol. The topological polar surface area (TPSA) is 197 Å². The maximum absolute atomic E-state index is 8.52. The Hall–Kier alpha value is -4.61. The molecule has 0 amide bonds. The summed E-state index contributed by atoms with van der Waals surface area (Å²) in [5.41, 5.74) is 6.05. The van der Waals surface area contributed by atoms with Gasteiger partial charge >= 0.3 is 11.9 Å². The number of benzene rings is 2. The third kappa shape index (κ3) is 9.79. The Bertz CT molecular complexity index is 1520. The van der Waals surface area contributed by atoms with Crippen molar-refractivity contribution in [2.24, 2.45) is 48.6 Å². The quantitative estimate of drug-likeness (QED) is 0.0913. The molecule has 224 valence electrons. The Labute approximate surface area is 244 Å². The molecule has 17 heteroatoms. The Morgan fingerprint density at radius 1 is 0.762 bits per heavy atom. The van der Waals surface area contributed by atoms with Crippen LogP contribution in [0.2, 0.25) is 0 Å². The van der Waals surface area contributed by atoms with Gasteiger partial charge in [-0.2, -0.15) is 0 Å². The van der Waals surface area contributed by atoms with Gasteiger partial charge in [0.2, 0.25) is 12.7 Å². The van der Waals surface area contributed by atoms with Gasteiger partial charge in [-0.05, 0) is 78.0 Å². The van der Waals surface area contributed by atoms with E-state index in [9.17, 15) is 0 Å². The molecule has 42 heavy (non-hydrogen) atoms. The molecule has 2 N–H and O–H groups in total. The second kappa shape index (κ2) is 14.3. The highest BCUT2D eigenvalue weighted by Crippen LogP contribution is 2.24. The van der Waals surface area contributed by atoms with E-state index in [4.69, 9.17) is 17.5 Å². The molecule has 16 nitrogen and oxygen atoms in total. The largest absolute Gasteiger partial charge is 0.759 e. The minimum Gasteiger partial charge on any atom is -0.759 e. The van der Waals surface area contributed by atoms with Crippen LogP contribution in [-0.2, 0) is 38.6 Å². The molecule has 2 aromatic carbocycles. The predicted octanol–water partition coefficient (Wildman–Crippen LogP) is 2.83. The summed E-state index contributed by atoms with van der Waals surface area (Å²) < 4.78 is 41.1. The molecule has 0 bridgehead atoms. The van der Waals surface area contributed by atoms with Crippen LogP contribution in [0.15, 0.2) is 69.5 Å². The van der Waals surface area contributed by atoms with Crippen LogP contribution in [0.4, 0.5) is 34.6 Å². The zero-order valence-electron chi connectivity index (χ0n) is 24.3. The Morgan fingerprint density at radius 3 is 1.45 bits per heavy atom. The lowest BCUT2D eigenvalue weighted by atomic mass is 10.1. The highest BCUT2D eigenvalue weighted by molar-refractivity contribution is 7.79. The predicted molar refractivity (Wildman–Crippen MR) is 152 cm³/mol. The molecule has 0 aliphatic heterocycles. The van der Waals surface area contributed by atoms with Crippen LogP contribution in [0.3, 0.4) is 0 Å². The summed E-state index contributed by atoms with van der Waals surface area (Å²) in [6.07, 6.45) is 4.38. The maximum Gasteiger partial charge on any atom is 0.403 e. The summed E-state index contributed by atoms with van der Waals surface area (Å²) in [7, 11) is 2.30. The number of aromatic nitrogens is 6. The number of azo groups is 2. The van der Waals surface area contributed by atoms with Crippen molar-refractivity contribution in [3.05, 3.63) is 60.2 Å². The van der Waals surface area contributed by atoms with Crippen LogP contribution in [0, 0.1) is 13.8 Å². The number of nitrogens with one attached hydrogen (secondary N) is 2. The van der Waals surface area contributed by atoms with E-state index in [1.807, 2.05) is 73.7 Å². The molecule has 0 unspecified atom stereocenters. The fourth-order valence-corrected chi connectivity index (χ4v) is 3.80. The Balaban J connectivity index is 0.000000892. The molecule has 0 saturated carbocycles. The van der Waals surface area contributed by atoms with Gasteiger partial charge in [0, 0.05) is 45.1 Å². The summed E-state index contributed by atoms with van der Waals surface area (Å²) in [6, 6.07) is 12.1. The lowest BCUT2D eigenvalue weighted by Gasteiger charge is -2.12.